The highest BCUT2D eigenvalue weighted by atomic mass is 16.5. The maximum Gasteiger partial charge on any atom is 0.305 e. The minimum absolute atomic E-state index is 0.0668. The summed E-state index contributed by atoms with van der Waals surface area (Å²) in [4.78, 5) is 22.9. The van der Waals surface area contributed by atoms with E-state index in [4.69, 9.17) is 38.3 Å². The zero-order valence-corrected chi connectivity index (χ0v) is 44.5. The Morgan fingerprint density at radius 2 is 0.592 bits per heavy atom. The van der Waals surface area contributed by atoms with Crippen LogP contribution in [0.3, 0.4) is 0 Å². The van der Waals surface area contributed by atoms with Gasteiger partial charge in [-0.3, -0.25) is 9.59 Å². The number of carboxylic acids is 1. The number of fused-ring (bicyclic) bond motifs is 6. The Kier molecular flexibility index (Phi) is 30.1. The van der Waals surface area contributed by atoms with Crippen molar-refractivity contribution >= 4 is 44.3 Å². The molecule has 0 saturated heterocycles. The normalized spacial score (nSPS) is 11.4. The standard InChI is InChI=1S/C60H92O11/c1-5-9-13-24-34-65-53-41-47-48-42-54(66-35-25-14-10-6-2)56(68-37-27-16-12-8-4)44-50(48)52-46-58(70-39-29-19-20-30-40-71-60(64)32-22-21-31-59(62)63)57(69-38-28-18-17-23-33-61)45-51(52)49(47)43-55(53)67-36-26-15-11-7-3/h41-46,61H,5-40H2,1-4H3,(H,62,63). The number of aliphatic hydroxyl groups excluding tert-OH is 1. The average molecular weight is 989 g/mol. The van der Waals surface area contributed by atoms with Crippen LogP contribution >= 0.6 is 0 Å². The molecule has 4 rings (SSSR count). The number of carbonyl (C=O) groups excluding carboxylic acids is 1. The summed E-state index contributed by atoms with van der Waals surface area (Å²) >= 11 is 0. The molecule has 71 heavy (non-hydrogen) atoms. The van der Waals surface area contributed by atoms with Gasteiger partial charge in [-0.05, 0) is 152 Å². The summed E-state index contributed by atoms with van der Waals surface area (Å²) in [5, 5.41) is 24.4. The van der Waals surface area contributed by atoms with Gasteiger partial charge in [-0.2, -0.15) is 0 Å². The van der Waals surface area contributed by atoms with Crippen molar-refractivity contribution in [1.29, 1.82) is 0 Å². The largest absolute Gasteiger partial charge is 0.490 e. The van der Waals surface area contributed by atoms with Crippen molar-refractivity contribution in [2.24, 2.45) is 0 Å². The third kappa shape index (κ3) is 21.9. The molecule has 0 atom stereocenters. The molecule has 0 aliphatic carbocycles. The molecule has 11 nitrogen and oxygen atoms in total. The molecule has 0 bridgehead atoms. The van der Waals surface area contributed by atoms with E-state index in [-0.39, 0.29) is 25.4 Å². The van der Waals surface area contributed by atoms with Crippen LogP contribution in [0.15, 0.2) is 36.4 Å². The number of aliphatic hydroxyl groups is 1. The molecule has 0 amide bonds. The highest BCUT2D eigenvalue weighted by Crippen LogP contribution is 2.47. The summed E-state index contributed by atoms with van der Waals surface area (Å²) in [6, 6.07) is 13.0. The topological polar surface area (TPSA) is 139 Å². The minimum atomic E-state index is -0.847. The van der Waals surface area contributed by atoms with E-state index in [1.54, 1.807) is 0 Å². The van der Waals surface area contributed by atoms with Crippen LogP contribution in [0.2, 0.25) is 0 Å². The second kappa shape index (κ2) is 36.3. The van der Waals surface area contributed by atoms with E-state index in [0.29, 0.717) is 70.6 Å². The van der Waals surface area contributed by atoms with Gasteiger partial charge in [0, 0.05) is 19.4 Å². The second-order valence-electron chi connectivity index (χ2n) is 19.2. The van der Waals surface area contributed by atoms with Gasteiger partial charge >= 0.3 is 11.9 Å². The molecular weight excluding hydrogens is 897 g/mol. The number of esters is 1. The van der Waals surface area contributed by atoms with Crippen LogP contribution in [0.25, 0.3) is 32.3 Å². The Balaban J connectivity index is 1.78. The van der Waals surface area contributed by atoms with Gasteiger partial charge in [0.05, 0.1) is 46.2 Å². The highest BCUT2D eigenvalue weighted by Gasteiger charge is 2.21. The number of rotatable bonds is 44. The number of unbranched alkanes of at least 4 members (excludes halogenated alkanes) is 19. The van der Waals surface area contributed by atoms with Gasteiger partial charge in [-0.1, -0.05) is 111 Å². The lowest BCUT2D eigenvalue weighted by atomic mass is 9.93. The second-order valence-corrected chi connectivity index (χ2v) is 19.2. The molecule has 0 aliphatic heterocycles. The zero-order valence-electron chi connectivity index (χ0n) is 44.5. The van der Waals surface area contributed by atoms with Crippen LogP contribution in [0.5, 0.6) is 34.5 Å². The maximum absolute atomic E-state index is 12.1. The fraction of sp³-hybridized carbons (Fsp3) is 0.667. The number of hydrogen-bond acceptors (Lipinski definition) is 10. The monoisotopic (exact) mass is 989 g/mol. The van der Waals surface area contributed by atoms with E-state index in [9.17, 15) is 14.7 Å². The lowest BCUT2D eigenvalue weighted by Crippen LogP contribution is -2.06. The van der Waals surface area contributed by atoms with Gasteiger partial charge < -0.3 is 43.4 Å². The predicted molar refractivity (Wildman–Crippen MR) is 290 cm³/mol. The molecule has 0 heterocycles. The first-order chi connectivity index (χ1) is 34.8. The van der Waals surface area contributed by atoms with Crippen LogP contribution in [-0.4, -0.2) is 75.0 Å². The summed E-state index contributed by atoms with van der Waals surface area (Å²) in [6.07, 6.45) is 26.0. The number of carboxylic acid groups (broad SMARTS) is 1. The summed E-state index contributed by atoms with van der Waals surface area (Å²) in [5.74, 6) is 3.27. The number of aliphatic carboxylic acids is 1. The summed E-state index contributed by atoms with van der Waals surface area (Å²) in [6.45, 7) is 12.9. The van der Waals surface area contributed by atoms with E-state index in [2.05, 4.69) is 64.1 Å². The predicted octanol–water partition coefficient (Wildman–Crippen LogP) is 16.0. The Hall–Kier alpha value is -4.64. The van der Waals surface area contributed by atoms with Gasteiger partial charge in [0.15, 0.2) is 34.5 Å². The van der Waals surface area contributed by atoms with E-state index in [0.717, 1.165) is 177 Å². The van der Waals surface area contributed by atoms with Gasteiger partial charge in [0.1, 0.15) is 0 Å². The Morgan fingerprint density at radius 1 is 0.338 bits per heavy atom. The van der Waals surface area contributed by atoms with E-state index in [1.807, 2.05) is 0 Å². The molecule has 0 saturated carbocycles. The third-order valence-corrected chi connectivity index (χ3v) is 13.0. The highest BCUT2D eigenvalue weighted by molar-refractivity contribution is 6.26. The van der Waals surface area contributed by atoms with Crippen LogP contribution < -0.4 is 28.4 Å². The molecule has 0 aliphatic rings. The smallest absolute Gasteiger partial charge is 0.305 e. The van der Waals surface area contributed by atoms with Crippen molar-refractivity contribution in [1.82, 2.24) is 0 Å². The molecule has 4 aromatic carbocycles. The Morgan fingerprint density at radius 3 is 0.859 bits per heavy atom. The Labute approximate surface area is 427 Å². The number of ether oxygens (including phenoxy) is 7. The molecule has 398 valence electrons. The zero-order chi connectivity index (χ0) is 50.7. The third-order valence-electron chi connectivity index (χ3n) is 13.0. The lowest BCUT2D eigenvalue weighted by molar-refractivity contribution is -0.144. The quantitative estimate of drug-likeness (QED) is 0.0249. The van der Waals surface area contributed by atoms with Crippen LogP contribution in [-0.2, 0) is 14.3 Å². The SMILES string of the molecule is CCCCCCOc1cc2c3cc(OCCCCCC)c(OCCCCCC)cc3c3cc(OCCCCCCOC(=O)CCCCC(=O)O)c(OCCCCCCO)cc3c2cc1OCCCCCC. The lowest BCUT2D eigenvalue weighted by Gasteiger charge is -2.21. The molecule has 4 aromatic rings. The molecule has 0 aromatic heterocycles. The van der Waals surface area contributed by atoms with Crippen molar-refractivity contribution in [2.45, 2.75) is 207 Å². The number of benzene rings is 4. The van der Waals surface area contributed by atoms with Crippen molar-refractivity contribution in [3.63, 3.8) is 0 Å². The van der Waals surface area contributed by atoms with Crippen molar-refractivity contribution < 1.29 is 53.0 Å². The first kappa shape index (κ1) is 58.9. The van der Waals surface area contributed by atoms with Crippen molar-refractivity contribution in [2.75, 3.05) is 52.9 Å². The summed E-state index contributed by atoms with van der Waals surface area (Å²) < 4.78 is 45.3. The average Bonchev–Trinajstić information content (AvgIpc) is 3.37. The van der Waals surface area contributed by atoms with E-state index in [1.165, 1.54) is 32.1 Å². The van der Waals surface area contributed by atoms with E-state index >= 15 is 0 Å². The summed E-state index contributed by atoms with van der Waals surface area (Å²) in [7, 11) is 0. The molecule has 2 N–H and O–H groups in total. The van der Waals surface area contributed by atoms with Crippen molar-refractivity contribution in [3.8, 4) is 34.5 Å². The fourth-order valence-corrected chi connectivity index (χ4v) is 8.83. The number of hydrogen-bond donors (Lipinski definition) is 2. The summed E-state index contributed by atoms with van der Waals surface area (Å²) in [5.41, 5.74) is 0. The molecule has 11 heteroatoms. The van der Waals surface area contributed by atoms with Gasteiger partial charge in [-0.15, -0.1) is 0 Å². The first-order valence-corrected chi connectivity index (χ1v) is 28.1. The number of carbonyl (C=O) groups is 2. The fourth-order valence-electron chi connectivity index (χ4n) is 8.83. The van der Waals surface area contributed by atoms with Crippen LogP contribution in [0.1, 0.15) is 207 Å². The Bertz CT molecular complexity index is 2100. The van der Waals surface area contributed by atoms with Gasteiger partial charge in [-0.25, -0.2) is 0 Å². The first-order valence-electron chi connectivity index (χ1n) is 28.1. The molecular formula is C60H92O11. The van der Waals surface area contributed by atoms with Crippen LogP contribution in [0.4, 0.5) is 0 Å². The van der Waals surface area contributed by atoms with E-state index < -0.39 is 5.97 Å². The van der Waals surface area contributed by atoms with Gasteiger partial charge in [0.2, 0.25) is 0 Å². The maximum atomic E-state index is 12.1. The van der Waals surface area contributed by atoms with Gasteiger partial charge in [0.25, 0.3) is 0 Å². The van der Waals surface area contributed by atoms with Crippen LogP contribution in [0, 0.1) is 0 Å². The molecule has 0 radical (unpaired) electrons. The minimum Gasteiger partial charge on any atom is -0.490 e. The molecule has 0 unspecified atom stereocenters. The molecule has 0 fully saturated rings. The van der Waals surface area contributed by atoms with Crippen molar-refractivity contribution in [3.05, 3.63) is 36.4 Å². The molecule has 0 spiro atoms.